The molecule has 26 heavy (non-hydrogen) atoms. The molecule has 0 heterocycles. The predicted octanol–water partition coefficient (Wildman–Crippen LogP) is 4.13. The SMILES string of the molecule is CCOc1cc(/C=C(/C#N)C(N)=O)cc(Br)c1OCc1ccccc1C. The Hall–Kier alpha value is -2.78. The third-order valence-corrected chi connectivity index (χ3v) is 4.25. The first kappa shape index (κ1) is 19.5. The van der Waals surface area contributed by atoms with Gasteiger partial charge in [-0.25, -0.2) is 0 Å². The number of rotatable bonds is 7. The molecule has 0 saturated carbocycles. The van der Waals surface area contributed by atoms with E-state index in [1.54, 1.807) is 18.2 Å². The number of amides is 1. The fourth-order valence-corrected chi connectivity index (χ4v) is 2.90. The van der Waals surface area contributed by atoms with Gasteiger partial charge in [0.25, 0.3) is 5.91 Å². The Kier molecular flexibility index (Phi) is 6.81. The topological polar surface area (TPSA) is 85.3 Å². The highest BCUT2D eigenvalue weighted by Crippen LogP contribution is 2.38. The van der Waals surface area contributed by atoms with Crippen LogP contribution in [0.3, 0.4) is 0 Å². The summed E-state index contributed by atoms with van der Waals surface area (Å²) in [5, 5.41) is 9.00. The minimum atomic E-state index is -0.776. The second-order valence-corrected chi connectivity index (χ2v) is 6.37. The van der Waals surface area contributed by atoms with Crippen LogP contribution in [0.5, 0.6) is 11.5 Å². The molecule has 2 aromatic rings. The second-order valence-electron chi connectivity index (χ2n) is 5.51. The van der Waals surface area contributed by atoms with Gasteiger partial charge in [-0.15, -0.1) is 0 Å². The molecular formula is C20H19BrN2O3. The molecule has 0 fully saturated rings. The summed E-state index contributed by atoms with van der Waals surface area (Å²) in [5.74, 6) is 0.301. The van der Waals surface area contributed by atoms with Crippen molar-refractivity contribution >= 4 is 27.9 Å². The number of primary amides is 1. The molecule has 134 valence electrons. The Morgan fingerprint density at radius 2 is 2.04 bits per heavy atom. The van der Waals surface area contributed by atoms with Crippen molar-refractivity contribution in [3.8, 4) is 17.6 Å². The van der Waals surface area contributed by atoms with Crippen LogP contribution >= 0.6 is 15.9 Å². The van der Waals surface area contributed by atoms with Crippen molar-refractivity contribution in [2.75, 3.05) is 6.61 Å². The van der Waals surface area contributed by atoms with E-state index in [1.807, 2.05) is 38.1 Å². The maximum Gasteiger partial charge on any atom is 0.259 e. The lowest BCUT2D eigenvalue weighted by Crippen LogP contribution is -2.12. The van der Waals surface area contributed by atoms with Crippen molar-refractivity contribution < 1.29 is 14.3 Å². The lowest BCUT2D eigenvalue weighted by Gasteiger charge is -2.15. The van der Waals surface area contributed by atoms with Crippen molar-refractivity contribution in [2.45, 2.75) is 20.5 Å². The molecule has 0 aliphatic rings. The van der Waals surface area contributed by atoms with Crippen LogP contribution in [0.15, 0.2) is 46.4 Å². The van der Waals surface area contributed by atoms with Gasteiger partial charge in [-0.2, -0.15) is 5.26 Å². The van der Waals surface area contributed by atoms with Crippen LogP contribution in [0.25, 0.3) is 6.08 Å². The third kappa shape index (κ3) is 4.87. The van der Waals surface area contributed by atoms with Crippen LogP contribution in [0, 0.1) is 18.3 Å². The molecule has 0 spiro atoms. The van der Waals surface area contributed by atoms with Gasteiger partial charge in [-0.05, 0) is 64.7 Å². The van der Waals surface area contributed by atoms with E-state index in [9.17, 15) is 4.79 Å². The monoisotopic (exact) mass is 414 g/mol. The number of halogens is 1. The van der Waals surface area contributed by atoms with Crippen LogP contribution in [0.1, 0.15) is 23.6 Å². The highest BCUT2D eigenvalue weighted by Gasteiger charge is 2.14. The molecule has 0 radical (unpaired) electrons. The van der Waals surface area contributed by atoms with E-state index in [-0.39, 0.29) is 5.57 Å². The summed E-state index contributed by atoms with van der Waals surface area (Å²) in [4.78, 5) is 11.3. The Morgan fingerprint density at radius 3 is 2.65 bits per heavy atom. The number of carbonyl (C=O) groups excluding carboxylic acids is 1. The quantitative estimate of drug-likeness (QED) is 0.545. The van der Waals surface area contributed by atoms with Crippen molar-refractivity contribution in [1.29, 1.82) is 5.26 Å². The number of carbonyl (C=O) groups is 1. The largest absolute Gasteiger partial charge is 0.490 e. The molecule has 0 aromatic heterocycles. The third-order valence-electron chi connectivity index (χ3n) is 3.66. The first-order chi connectivity index (χ1) is 12.5. The number of aryl methyl sites for hydroxylation is 1. The molecule has 0 saturated heterocycles. The average Bonchev–Trinajstić information content (AvgIpc) is 2.60. The van der Waals surface area contributed by atoms with Crippen molar-refractivity contribution in [3.63, 3.8) is 0 Å². The number of nitriles is 1. The van der Waals surface area contributed by atoms with Gasteiger partial charge in [0.2, 0.25) is 0 Å². The summed E-state index contributed by atoms with van der Waals surface area (Å²) in [6.07, 6.45) is 1.42. The fraction of sp³-hybridized carbons (Fsp3) is 0.200. The zero-order chi connectivity index (χ0) is 19.1. The normalized spacial score (nSPS) is 10.9. The molecule has 2 rings (SSSR count). The standard InChI is InChI=1S/C20H19BrN2O3/c1-3-25-18-10-14(8-16(11-22)20(23)24)9-17(21)19(18)26-12-15-7-5-4-6-13(15)2/h4-10H,3,12H2,1-2H3,(H2,23,24)/b16-8-. The van der Waals surface area contributed by atoms with E-state index in [4.69, 9.17) is 20.5 Å². The van der Waals surface area contributed by atoms with Gasteiger partial charge >= 0.3 is 0 Å². The van der Waals surface area contributed by atoms with E-state index in [0.29, 0.717) is 34.7 Å². The molecule has 0 aliphatic carbocycles. The van der Waals surface area contributed by atoms with E-state index >= 15 is 0 Å². The van der Waals surface area contributed by atoms with Crippen LogP contribution < -0.4 is 15.2 Å². The molecule has 0 bridgehead atoms. The molecule has 2 aromatic carbocycles. The molecule has 5 nitrogen and oxygen atoms in total. The lowest BCUT2D eigenvalue weighted by atomic mass is 10.1. The molecule has 0 unspecified atom stereocenters. The average molecular weight is 415 g/mol. The van der Waals surface area contributed by atoms with Crippen LogP contribution in [-0.2, 0) is 11.4 Å². The Morgan fingerprint density at radius 1 is 1.31 bits per heavy atom. The summed E-state index contributed by atoms with van der Waals surface area (Å²) in [7, 11) is 0. The molecular weight excluding hydrogens is 396 g/mol. The Balaban J connectivity index is 2.36. The maximum absolute atomic E-state index is 11.3. The van der Waals surface area contributed by atoms with Crippen LogP contribution in [0.4, 0.5) is 0 Å². The van der Waals surface area contributed by atoms with E-state index < -0.39 is 5.91 Å². The van der Waals surface area contributed by atoms with E-state index in [1.165, 1.54) is 6.08 Å². The summed E-state index contributed by atoms with van der Waals surface area (Å²) in [5.41, 5.74) is 7.88. The van der Waals surface area contributed by atoms with Crippen molar-refractivity contribution in [2.24, 2.45) is 5.73 Å². The lowest BCUT2D eigenvalue weighted by molar-refractivity contribution is -0.114. The minimum absolute atomic E-state index is 0.132. The van der Waals surface area contributed by atoms with Gasteiger partial charge in [0.05, 0.1) is 11.1 Å². The van der Waals surface area contributed by atoms with Gasteiger partial charge in [0.15, 0.2) is 11.5 Å². The highest BCUT2D eigenvalue weighted by molar-refractivity contribution is 9.10. The Bertz CT molecular complexity index is 885. The summed E-state index contributed by atoms with van der Waals surface area (Å²) >= 11 is 3.48. The van der Waals surface area contributed by atoms with E-state index in [0.717, 1.165) is 11.1 Å². The smallest absolute Gasteiger partial charge is 0.259 e. The number of nitrogens with zero attached hydrogens (tertiary/aromatic N) is 1. The minimum Gasteiger partial charge on any atom is -0.490 e. The summed E-state index contributed by atoms with van der Waals surface area (Å²) < 4.78 is 12.3. The second kappa shape index (κ2) is 9.07. The molecule has 1 amide bonds. The van der Waals surface area contributed by atoms with Gasteiger partial charge in [-0.3, -0.25) is 4.79 Å². The fourth-order valence-electron chi connectivity index (χ4n) is 2.32. The van der Waals surface area contributed by atoms with Gasteiger partial charge in [0.1, 0.15) is 18.2 Å². The zero-order valence-corrected chi connectivity index (χ0v) is 16.2. The number of benzene rings is 2. The molecule has 0 aliphatic heterocycles. The van der Waals surface area contributed by atoms with Crippen molar-refractivity contribution in [3.05, 3.63) is 63.1 Å². The molecule has 2 N–H and O–H groups in total. The Labute approximate surface area is 161 Å². The molecule has 0 atom stereocenters. The van der Waals surface area contributed by atoms with E-state index in [2.05, 4.69) is 15.9 Å². The number of hydrogen-bond acceptors (Lipinski definition) is 4. The first-order valence-electron chi connectivity index (χ1n) is 8.01. The number of ether oxygens (including phenoxy) is 2. The summed E-state index contributed by atoms with van der Waals surface area (Å²) in [6.45, 7) is 4.73. The van der Waals surface area contributed by atoms with Gasteiger partial charge in [0, 0.05) is 0 Å². The zero-order valence-electron chi connectivity index (χ0n) is 14.6. The number of hydrogen-bond donors (Lipinski definition) is 1. The highest BCUT2D eigenvalue weighted by atomic mass is 79.9. The molecule has 6 heteroatoms. The maximum atomic E-state index is 11.3. The van der Waals surface area contributed by atoms with Gasteiger partial charge < -0.3 is 15.2 Å². The van der Waals surface area contributed by atoms with Crippen LogP contribution in [0.2, 0.25) is 0 Å². The first-order valence-corrected chi connectivity index (χ1v) is 8.80. The van der Waals surface area contributed by atoms with Gasteiger partial charge in [-0.1, -0.05) is 24.3 Å². The predicted molar refractivity (Wildman–Crippen MR) is 104 cm³/mol. The van der Waals surface area contributed by atoms with Crippen LogP contribution in [-0.4, -0.2) is 12.5 Å². The number of nitrogens with two attached hydrogens (primary N) is 1. The summed E-state index contributed by atoms with van der Waals surface area (Å²) in [6, 6.07) is 13.2. The van der Waals surface area contributed by atoms with Crippen molar-refractivity contribution in [1.82, 2.24) is 0 Å².